The number of hydrogen-bond donors (Lipinski definition) is 1. The van der Waals surface area contributed by atoms with E-state index in [1.165, 1.54) is 9.35 Å². The minimum atomic E-state index is 0.346. The molecule has 1 aliphatic heterocycles. The van der Waals surface area contributed by atoms with E-state index in [9.17, 15) is 0 Å². The van der Waals surface area contributed by atoms with Crippen LogP contribution in [0.3, 0.4) is 0 Å². The Balaban J connectivity index is 1.68. The molecule has 0 radical (unpaired) electrons. The zero-order valence-corrected chi connectivity index (χ0v) is 10.8. The van der Waals surface area contributed by atoms with Crippen LogP contribution >= 0.6 is 27.3 Å². The predicted octanol–water partition coefficient (Wildman–Crippen LogP) is 3.29. The van der Waals surface area contributed by atoms with Gasteiger partial charge in [-0.25, -0.2) is 0 Å². The van der Waals surface area contributed by atoms with Gasteiger partial charge in [0.25, 0.3) is 0 Å². The summed E-state index contributed by atoms with van der Waals surface area (Å²) in [4.78, 5) is 1.35. The fourth-order valence-electron chi connectivity index (χ4n) is 1.54. The van der Waals surface area contributed by atoms with Crippen LogP contribution in [0, 0.1) is 0 Å². The quantitative estimate of drug-likeness (QED) is 0.918. The highest BCUT2D eigenvalue weighted by molar-refractivity contribution is 9.10. The number of ether oxygens (including phenoxy) is 1. The van der Waals surface area contributed by atoms with E-state index >= 15 is 0 Å². The molecule has 1 aromatic heterocycles. The van der Waals surface area contributed by atoms with E-state index in [0.717, 1.165) is 25.9 Å². The molecule has 0 amide bonds. The molecular formula is C11H14BrNOS. The minimum Gasteiger partial charge on any atom is -0.497 e. The second kappa shape index (κ2) is 5.68. The average molecular weight is 288 g/mol. The molecule has 0 fully saturated rings. The lowest BCUT2D eigenvalue weighted by Gasteiger charge is -2.19. The first kappa shape index (κ1) is 11.2. The molecule has 1 atom stereocenters. The van der Waals surface area contributed by atoms with Gasteiger partial charge in [-0.3, -0.25) is 0 Å². The Hall–Kier alpha value is -0.320. The largest absolute Gasteiger partial charge is 0.497 e. The molecule has 82 valence electrons. The van der Waals surface area contributed by atoms with Crippen LogP contribution < -0.4 is 5.32 Å². The van der Waals surface area contributed by atoms with E-state index in [2.05, 4.69) is 38.8 Å². The van der Waals surface area contributed by atoms with E-state index in [1.807, 2.05) is 6.26 Å². The SMILES string of the molecule is Brc1csc(CNCC2CCC=CO2)c1. The Bertz CT molecular complexity index is 337. The molecule has 2 rings (SSSR count). The topological polar surface area (TPSA) is 21.3 Å². The van der Waals surface area contributed by atoms with Crippen LogP contribution in [0.2, 0.25) is 0 Å². The lowest BCUT2D eigenvalue weighted by atomic mass is 10.1. The third-order valence-corrected chi connectivity index (χ3v) is 4.01. The molecule has 4 heteroatoms. The molecule has 0 saturated carbocycles. The van der Waals surface area contributed by atoms with Crippen LogP contribution in [0.15, 0.2) is 28.3 Å². The van der Waals surface area contributed by atoms with Crippen molar-refractivity contribution in [1.82, 2.24) is 5.32 Å². The van der Waals surface area contributed by atoms with Gasteiger partial charge in [0.1, 0.15) is 6.10 Å². The smallest absolute Gasteiger partial charge is 0.110 e. The number of hydrogen-bond acceptors (Lipinski definition) is 3. The molecule has 1 aliphatic rings. The molecule has 0 spiro atoms. The van der Waals surface area contributed by atoms with Gasteiger partial charge in [0.2, 0.25) is 0 Å². The first-order valence-corrected chi connectivity index (χ1v) is 6.76. The Labute approximate surface area is 102 Å². The Morgan fingerprint density at radius 2 is 2.53 bits per heavy atom. The normalized spacial score (nSPS) is 20.2. The van der Waals surface area contributed by atoms with E-state index in [4.69, 9.17) is 4.74 Å². The number of nitrogens with one attached hydrogen (secondary N) is 1. The molecule has 0 aromatic carbocycles. The molecule has 0 saturated heterocycles. The summed E-state index contributed by atoms with van der Waals surface area (Å²) in [7, 11) is 0. The Morgan fingerprint density at radius 3 is 3.20 bits per heavy atom. The van der Waals surface area contributed by atoms with Crippen molar-refractivity contribution in [1.29, 1.82) is 0 Å². The van der Waals surface area contributed by atoms with Crippen molar-refractivity contribution in [3.8, 4) is 0 Å². The molecular weight excluding hydrogens is 274 g/mol. The highest BCUT2D eigenvalue weighted by atomic mass is 79.9. The molecule has 1 N–H and O–H groups in total. The van der Waals surface area contributed by atoms with Gasteiger partial charge in [-0.1, -0.05) is 0 Å². The van der Waals surface area contributed by atoms with Crippen LogP contribution in [0.1, 0.15) is 17.7 Å². The Kier molecular flexibility index (Phi) is 4.23. The zero-order chi connectivity index (χ0) is 10.5. The highest BCUT2D eigenvalue weighted by Gasteiger charge is 2.09. The lowest BCUT2D eigenvalue weighted by molar-refractivity contribution is 0.122. The molecule has 2 heterocycles. The first-order chi connectivity index (χ1) is 7.34. The lowest BCUT2D eigenvalue weighted by Crippen LogP contribution is -2.28. The second-order valence-corrected chi connectivity index (χ2v) is 5.48. The maximum absolute atomic E-state index is 5.47. The summed E-state index contributed by atoms with van der Waals surface area (Å²) in [5.74, 6) is 0. The monoisotopic (exact) mass is 287 g/mol. The number of halogens is 1. The zero-order valence-electron chi connectivity index (χ0n) is 8.41. The maximum Gasteiger partial charge on any atom is 0.110 e. The van der Waals surface area contributed by atoms with Gasteiger partial charge in [0.15, 0.2) is 0 Å². The van der Waals surface area contributed by atoms with Crippen molar-refractivity contribution in [3.05, 3.63) is 33.1 Å². The maximum atomic E-state index is 5.47. The van der Waals surface area contributed by atoms with E-state index in [1.54, 1.807) is 11.3 Å². The number of thiophene rings is 1. The summed E-state index contributed by atoms with van der Waals surface area (Å²) in [6, 6.07) is 2.15. The van der Waals surface area contributed by atoms with Crippen LogP contribution in [0.4, 0.5) is 0 Å². The summed E-state index contributed by atoms with van der Waals surface area (Å²) in [6.45, 7) is 1.86. The van der Waals surface area contributed by atoms with Crippen molar-refractivity contribution in [3.63, 3.8) is 0 Å². The van der Waals surface area contributed by atoms with Crippen LogP contribution in [0.25, 0.3) is 0 Å². The number of allylic oxidation sites excluding steroid dienone is 1. The van der Waals surface area contributed by atoms with Gasteiger partial charge in [-0.05, 0) is 40.9 Å². The van der Waals surface area contributed by atoms with E-state index in [-0.39, 0.29) is 0 Å². The number of rotatable bonds is 4. The predicted molar refractivity (Wildman–Crippen MR) is 67.0 cm³/mol. The Morgan fingerprint density at radius 1 is 1.60 bits per heavy atom. The third-order valence-electron chi connectivity index (χ3n) is 2.32. The third kappa shape index (κ3) is 3.63. The minimum absolute atomic E-state index is 0.346. The molecule has 0 aliphatic carbocycles. The molecule has 1 aromatic rings. The standard InChI is InChI=1S/C11H14BrNOS/c12-9-5-11(15-8-9)7-13-6-10-3-1-2-4-14-10/h2,4-5,8,10,13H,1,3,6-7H2. The van der Waals surface area contributed by atoms with Crippen LogP contribution in [-0.4, -0.2) is 12.6 Å². The van der Waals surface area contributed by atoms with E-state index < -0.39 is 0 Å². The fourth-order valence-corrected chi connectivity index (χ4v) is 2.96. The second-order valence-electron chi connectivity index (χ2n) is 3.57. The van der Waals surface area contributed by atoms with Gasteiger partial charge < -0.3 is 10.1 Å². The highest BCUT2D eigenvalue weighted by Crippen LogP contribution is 2.19. The molecule has 2 nitrogen and oxygen atoms in total. The molecule has 0 bridgehead atoms. The van der Waals surface area contributed by atoms with Crippen molar-refractivity contribution >= 4 is 27.3 Å². The summed E-state index contributed by atoms with van der Waals surface area (Å²) >= 11 is 5.22. The first-order valence-electron chi connectivity index (χ1n) is 5.08. The van der Waals surface area contributed by atoms with Gasteiger partial charge in [-0.2, -0.15) is 0 Å². The molecule has 1 unspecified atom stereocenters. The van der Waals surface area contributed by atoms with Crippen molar-refractivity contribution in [2.24, 2.45) is 0 Å². The van der Waals surface area contributed by atoms with Crippen LogP contribution in [-0.2, 0) is 11.3 Å². The average Bonchev–Trinajstić information content (AvgIpc) is 2.66. The summed E-state index contributed by atoms with van der Waals surface area (Å²) in [5.41, 5.74) is 0. The van der Waals surface area contributed by atoms with Crippen molar-refractivity contribution in [2.75, 3.05) is 6.54 Å². The van der Waals surface area contributed by atoms with Crippen molar-refractivity contribution < 1.29 is 4.74 Å². The van der Waals surface area contributed by atoms with E-state index in [0.29, 0.717) is 6.10 Å². The summed E-state index contributed by atoms with van der Waals surface area (Å²) in [5, 5.41) is 5.52. The van der Waals surface area contributed by atoms with Gasteiger partial charge in [-0.15, -0.1) is 11.3 Å². The fraction of sp³-hybridized carbons (Fsp3) is 0.455. The van der Waals surface area contributed by atoms with Crippen LogP contribution in [0.5, 0.6) is 0 Å². The summed E-state index contributed by atoms with van der Waals surface area (Å²) in [6.07, 6.45) is 6.50. The molecule has 15 heavy (non-hydrogen) atoms. The summed E-state index contributed by atoms with van der Waals surface area (Å²) < 4.78 is 6.64. The van der Waals surface area contributed by atoms with Gasteiger partial charge >= 0.3 is 0 Å². The van der Waals surface area contributed by atoms with Gasteiger partial charge in [0, 0.05) is 27.8 Å². The van der Waals surface area contributed by atoms with Crippen molar-refractivity contribution in [2.45, 2.75) is 25.5 Å². The van der Waals surface area contributed by atoms with Gasteiger partial charge in [0.05, 0.1) is 6.26 Å².